The molecular formula is C25H25N3O5S2. The van der Waals surface area contributed by atoms with E-state index in [4.69, 9.17) is 0 Å². The van der Waals surface area contributed by atoms with Crippen LogP contribution in [0, 0.1) is 0 Å². The average Bonchev–Trinajstić information content (AvgIpc) is 3.40. The summed E-state index contributed by atoms with van der Waals surface area (Å²) in [4.78, 5) is 41.2. The lowest BCUT2D eigenvalue weighted by molar-refractivity contribution is -0.157. The van der Waals surface area contributed by atoms with Crippen LogP contribution in [0.1, 0.15) is 11.1 Å². The van der Waals surface area contributed by atoms with Crippen LogP contribution >= 0.6 is 11.3 Å². The van der Waals surface area contributed by atoms with Gasteiger partial charge in [-0.2, -0.15) is 4.72 Å². The van der Waals surface area contributed by atoms with Crippen LogP contribution in [0.2, 0.25) is 0 Å². The predicted molar refractivity (Wildman–Crippen MR) is 132 cm³/mol. The quantitative estimate of drug-likeness (QED) is 0.443. The van der Waals surface area contributed by atoms with Crippen molar-refractivity contribution in [3.63, 3.8) is 0 Å². The number of nitrogens with one attached hydrogen (secondary N) is 1. The van der Waals surface area contributed by atoms with Gasteiger partial charge in [-0.15, -0.1) is 11.3 Å². The number of benzene rings is 2. The Hall–Kier alpha value is -3.34. The van der Waals surface area contributed by atoms with Gasteiger partial charge in [-0.3, -0.25) is 19.3 Å². The molecule has 3 amide bonds. The van der Waals surface area contributed by atoms with Gasteiger partial charge in [0.05, 0.1) is 0 Å². The Labute approximate surface area is 208 Å². The number of carbonyl (C=O) groups excluding carboxylic acids is 3. The monoisotopic (exact) mass is 511 g/mol. The first kappa shape index (κ1) is 24.8. The van der Waals surface area contributed by atoms with Crippen molar-refractivity contribution in [2.75, 3.05) is 19.6 Å². The van der Waals surface area contributed by atoms with Crippen LogP contribution in [0.15, 0.2) is 82.4 Å². The zero-order chi connectivity index (χ0) is 24.8. The maximum absolute atomic E-state index is 13.4. The van der Waals surface area contributed by atoms with Crippen LogP contribution in [-0.4, -0.2) is 61.6 Å². The summed E-state index contributed by atoms with van der Waals surface area (Å²) in [6.07, 6.45) is 0.602. The number of carbonyl (C=O) groups is 3. The van der Waals surface area contributed by atoms with E-state index in [1.165, 1.54) is 11.0 Å². The normalized spacial score (nSPS) is 15.3. The Morgan fingerprint density at radius 2 is 1.49 bits per heavy atom. The lowest BCUT2D eigenvalue weighted by atomic mass is 10.1. The summed E-state index contributed by atoms with van der Waals surface area (Å²) in [7, 11) is -3.96. The van der Waals surface area contributed by atoms with E-state index in [0.29, 0.717) is 6.42 Å². The molecule has 0 bridgehead atoms. The van der Waals surface area contributed by atoms with Gasteiger partial charge >= 0.3 is 0 Å². The van der Waals surface area contributed by atoms with Crippen molar-refractivity contribution in [3.05, 3.63) is 89.3 Å². The molecule has 0 radical (unpaired) electrons. The van der Waals surface area contributed by atoms with E-state index in [2.05, 4.69) is 4.72 Å². The molecule has 10 heteroatoms. The van der Waals surface area contributed by atoms with Crippen LogP contribution in [0.4, 0.5) is 0 Å². The molecule has 1 N–H and O–H groups in total. The Balaban J connectivity index is 1.48. The van der Waals surface area contributed by atoms with Crippen LogP contribution < -0.4 is 4.72 Å². The zero-order valence-electron chi connectivity index (χ0n) is 18.9. The van der Waals surface area contributed by atoms with Gasteiger partial charge in [0.2, 0.25) is 17.7 Å². The first-order valence-electron chi connectivity index (χ1n) is 11.1. The van der Waals surface area contributed by atoms with E-state index < -0.39 is 33.8 Å². The van der Waals surface area contributed by atoms with Crippen molar-refractivity contribution >= 4 is 39.1 Å². The second kappa shape index (κ2) is 10.9. The maximum Gasteiger partial charge on any atom is 0.250 e. The van der Waals surface area contributed by atoms with Crippen molar-refractivity contribution < 1.29 is 22.8 Å². The van der Waals surface area contributed by atoms with Crippen LogP contribution in [0.3, 0.4) is 0 Å². The number of rotatable bonds is 9. The summed E-state index contributed by atoms with van der Waals surface area (Å²) in [5.41, 5.74) is 1.75. The number of nitrogens with zero attached hydrogens (tertiary/aromatic N) is 2. The lowest BCUT2D eigenvalue weighted by Gasteiger charge is -2.34. The van der Waals surface area contributed by atoms with Crippen LogP contribution in [0.5, 0.6) is 0 Å². The third-order valence-electron chi connectivity index (χ3n) is 5.67. The lowest BCUT2D eigenvalue weighted by Crippen LogP contribution is -2.59. The molecular weight excluding hydrogens is 486 g/mol. The highest BCUT2D eigenvalue weighted by Crippen LogP contribution is 2.18. The number of imide groups is 1. The van der Waals surface area contributed by atoms with Gasteiger partial charge in [-0.05, 0) is 35.4 Å². The number of sulfonamides is 1. The van der Waals surface area contributed by atoms with Gasteiger partial charge in [0, 0.05) is 6.54 Å². The molecule has 182 valence electrons. The van der Waals surface area contributed by atoms with Crippen molar-refractivity contribution in [1.29, 1.82) is 0 Å². The molecule has 4 rings (SSSR count). The molecule has 3 aromatic rings. The largest absolute Gasteiger partial charge is 0.323 e. The van der Waals surface area contributed by atoms with E-state index in [1.54, 1.807) is 35.7 Å². The van der Waals surface area contributed by atoms with Crippen LogP contribution in [0.25, 0.3) is 0 Å². The zero-order valence-corrected chi connectivity index (χ0v) is 20.5. The van der Waals surface area contributed by atoms with Gasteiger partial charge < -0.3 is 4.90 Å². The molecule has 0 spiro atoms. The molecule has 35 heavy (non-hydrogen) atoms. The molecule has 2 aromatic carbocycles. The summed E-state index contributed by atoms with van der Waals surface area (Å²) in [5.74, 6) is -1.58. The molecule has 1 atom stereocenters. The van der Waals surface area contributed by atoms with Gasteiger partial charge in [0.15, 0.2) is 0 Å². The second-order valence-electron chi connectivity index (χ2n) is 8.16. The van der Waals surface area contributed by atoms with E-state index in [1.807, 2.05) is 36.4 Å². The predicted octanol–water partition coefficient (Wildman–Crippen LogP) is 2.08. The number of amides is 3. The highest BCUT2D eigenvalue weighted by molar-refractivity contribution is 7.91. The highest BCUT2D eigenvalue weighted by atomic mass is 32.2. The van der Waals surface area contributed by atoms with Gasteiger partial charge in [0.1, 0.15) is 23.3 Å². The fraction of sp³-hybridized carbons (Fsp3) is 0.240. The summed E-state index contributed by atoms with van der Waals surface area (Å²) in [6, 6.07) is 20.4. The van der Waals surface area contributed by atoms with E-state index in [9.17, 15) is 22.8 Å². The Bertz CT molecular complexity index is 1260. The summed E-state index contributed by atoms with van der Waals surface area (Å²) in [6.45, 7) is -0.348. The van der Waals surface area contributed by atoms with Gasteiger partial charge in [0.25, 0.3) is 10.0 Å². The molecule has 0 saturated carbocycles. The molecule has 1 aliphatic heterocycles. The molecule has 8 nitrogen and oxygen atoms in total. The van der Waals surface area contributed by atoms with E-state index >= 15 is 0 Å². The Morgan fingerprint density at radius 3 is 2.06 bits per heavy atom. The summed E-state index contributed by atoms with van der Waals surface area (Å²) in [5, 5.41) is 1.63. The summed E-state index contributed by atoms with van der Waals surface area (Å²) >= 11 is 1.04. The van der Waals surface area contributed by atoms with Gasteiger partial charge in [-0.25, -0.2) is 8.42 Å². The van der Waals surface area contributed by atoms with Crippen molar-refractivity contribution in [3.8, 4) is 0 Å². The van der Waals surface area contributed by atoms with E-state index in [0.717, 1.165) is 27.4 Å². The maximum atomic E-state index is 13.4. The van der Waals surface area contributed by atoms with Crippen molar-refractivity contribution in [2.45, 2.75) is 23.1 Å². The third kappa shape index (κ3) is 6.21. The number of hydrogen-bond donors (Lipinski definition) is 1. The second-order valence-corrected chi connectivity index (χ2v) is 11.1. The fourth-order valence-corrected chi connectivity index (χ4v) is 6.09. The molecule has 1 fully saturated rings. The average molecular weight is 512 g/mol. The fourth-order valence-electron chi connectivity index (χ4n) is 3.89. The topological polar surface area (TPSA) is 104 Å². The first-order valence-corrected chi connectivity index (χ1v) is 13.5. The highest BCUT2D eigenvalue weighted by Gasteiger charge is 2.37. The Kier molecular flexibility index (Phi) is 7.74. The SMILES string of the molecule is O=C([C@@H](Cc1ccccc1)NS(=O)(=O)c1cccs1)N1CC(=O)N(CCc2ccccc2)C(=O)C1. The Morgan fingerprint density at radius 1 is 0.886 bits per heavy atom. The van der Waals surface area contributed by atoms with Crippen molar-refractivity contribution in [2.24, 2.45) is 0 Å². The van der Waals surface area contributed by atoms with Crippen molar-refractivity contribution in [1.82, 2.24) is 14.5 Å². The molecule has 1 aliphatic rings. The standard InChI is InChI=1S/C25H25N3O5S2/c29-22-17-27(18-23(30)28(22)14-13-19-8-3-1-4-9-19)25(31)21(16-20-10-5-2-6-11-20)26-35(32,33)24-12-7-15-34-24/h1-12,15,21,26H,13-14,16-18H2/t21-/m1/s1. The molecule has 1 saturated heterocycles. The third-order valence-corrected chi connectivity index (χ3v) is 8.54. The number of piperazine rings is 1. The minimum atomic E-state index is -3.96. The molecule has 0 aliphatic carbocycles. The first-order chi connectivity index (χ1) is 16.8. The minimum Gasteiger partial charge on any atom is -0.323 e. The van der Waals surface area contributed by atoms with E-state index in [-0.39, 0.29) is 30.3 Å². The molecule has 0 unspecified atom stereocenters. The minimum absolute atomic E-state index is 0.0842. The van der Waals surface area contributed by atoms with Crippen LogP contribution in [-0.2, 0) is 37.2 Å². The molecule has 2 heterocycles. The smallest absolute Gasteiger partial charge is 0.250 e. The van der Waals surface area contributed by atoms with Gasteiger partial charge in [-0.1, -0.05) is 66.7 Å². The molecule has 1 aromatic heterocycles. The summed E-state index contributed by atoms with van der Waals surface area (Å²) < 4.78 is 28.3. The number of hydrogen-bond acceptors (Lipinski definition) is 6. The number of thiophene rings is 1.